The van der Waals surface area contributed by atoms with Crippen LogP contribution in [0.3, 0.4) is 0 Å². The summed E-state index contributed by atoms with van der Waals surface area (Å²) in [6, 6.07) is 6.26. The van der Waals surface area contributed by atoms with E-state index in [1.807, 2.05) is 0 Å². The van der Waals surface area contributed by atoms with Crippen molar-refractivity contribution in [2.75, 3.05) is 25.6 Å². The first-order valence-corrected chi connectivity index (χ1v) is 7.13. The van der Waals surface area contributed by atoms with Gasteiger partial charge in [-0.05, 0) is 24.1 Å². The van der Waals surface area contributed by atoms with E-state index in [0.29, 0.717) is 5.92 Å². The molecule has 0 radical (unpaired) electrons. The van der Waals surface area contributed by atoms with Gasteiger partial charge in [-0.3, -0.25) is 0 Å². The maximum atomic E-state index is 5.15. The number of imidazole rings is 1. The van der Waals surface area contributed by atoms with Gasteiger partial charge in [0.25, 0.3) is 0 Å². The van der Waals surface area contributed by atoms with Crippen LogP contribution in [-0.2, 0) is 10.2 Å². The molecule has 4 nitrogen and oxygen atoms in total. The number of hydrogen-bond donors (Lipinski definition) is 2. The van der Waals surface area contributed by atoms with Gasteiger partial charge in [-0.15, -0.1) is 0 Å². The third-order valence-corrected chi connectivity index (χ3v) is 3.30. The number of H-pyrrole nitrogens is 1. The average Bonchev–Trinajstić information content (AvgIpc) is 2.79. The number of benzene rings is 1. The van der Waals surface area contributed by atoms with Gasteiger partial charge in [0.2, 0.25) is 0 Å². The molecule has 2 rings (SSSR count). The van der Waals surface area contributed by atoms with Gasteiger partial charge >= 0.3 is 0 Å². The summed E-state index contributed by atoms with van der Waals surface area (Å²) in [5.74, 6) is 1.51. The highest BCUT2D eigenvalue weighted by Gasteiger charge is 2.18. The summed E-state index contributed by atoms with van der Waals surface area (Å²) in [5.41, 5.74) is 3.26. The monoisotopic (exact) mass is 275 g/mol. The SMILES string of the molecule is COCC(C)CNc1ccc2nc(C(C)(C)C)[nH]c2c1. The van der Waals surface area contributed by atoms with Crippen LogP contribution in [0.5, 0.6) is 0 Å². The van der Waals surface area contributed by atoms with Gasteiger partial charge in [0, 0.05) is 24.8 Å². The quantitative estimate of drug-likeness (QED) is 0.877. The second-order valence-electron chi connectivity index (χ2n) is 6.51. The molecule has 1 heterocycles. The van der Waals surface area contributed by atoms with Gasteiger partial charge < -0.3 is 15.0 Å². The number of aromatic nitrogens is 2. The Morgan fingerprint density at radius 3 is 2.75 bits per heavy atom. The van der Waals surface area contributed by atoms with Crippen LogP contribution >= 0.6 is 0 Å². The number of nitrogens with zero attached hydrogens (tertiary/aromatic N) is 1. The van der Waals surface area contributed by atoms with Crippen LogP contribution in [0.4, 0.5) is 5.69 Å². The Balaban J connectivity index is 2.13. The van der Waals surface area contributed by atoms with Crippen molar-refractivity contribution < 1.29 is 4.74 Å². The van der Waals surface area contributed by atoms with E-state index < -0.39 is 0 Å². The molecule has 20 heavy (non-hydrogen) atoms. The number of rotatable bonds is 5. The van der Waals surface area contributed by atoms with Gasteiger partial charge in [0.05, 0.1) is 17.6 Å². The van der Waals surface area contributed by atoms with Crippen molar-refractivity contribution in [1.29, 1.82) is 0 Å². The Kier molecular flexibility index (Phi) is 4.33. The summed E-state index contributed by atoms with van der Waals surface area (Å²) in [5, 5.41) is 3.44. The van der Waals surface area contributed by atoms with Crippen LogP contribution in [0.1, 0.15) is 33.5 Å². The lowest BCUT2D eigenvalue weighted by molar-refractivity contribution is 0.164. The molecule has 1 unspecified atom stereocenters. The minimum Gasteiger partial charge on any atom is -0.385 e. The molecule has 1 atom stereocenters. The summed E-state index contributed by atoms with van der Waals surface area (Å²) in [4.78, 5) is 8.06. The van der Waals surface area contributed by atoms with Gasteiger partial charge in [-0.1, -0.05) is 27.7 Å². The van der Waals surface area contributed by atoms with E-state index in [0.717, 1.165) is 35.7 Å². The van der Waals surface area contributed by atoms with Gasteiger partial charge in [0.15, 0.2) is 0 Å². The maximum Gasteiger partial charge on any atom is 0.112 e. The second-order valence-corrected chi connectivity index (χ2v) is 6.51. The lowest BCUT2D eigenvalue weighted by Gasteiger charge is -2.13. The smallest absolute Gasteiger partial charge is 0.112 e. The van der Waals surface area contributed by atoms with Crippen molar-refractivity contribution >= 4 is 16.7 Å². The first-order valence-electron chi connectivity index (χ1n) is 7.13. The first kappa shape index (κ1) is 14.9. The van der Waals surface area contributed by atoms with E-state index >= 15 is 0 Å². The predicted octanol–water partition coefficient (Wildman–Crippen LogP) is 3.55. The Morgan fingerprint density at radius 2 is 2.10 bits per heavy atom. The molecule has 0 aliphatic heterocycles. The van der Waals surface area contributed by atoms with Gasteiger partial charge in [-0.2, -0.15) is 0 Å². The van der Waals surface area contributed by atoms with Crippen molar-refractivity contribution in [1.82, 2.24) is 9.97 Å². The molecule has 4 heteroatoms. The fraction of sp³-hybridized carbons (Fsp3) is 0.562. The van der Waals surface area contributed by atoms with E-state index in [-0.39, 0.29) is 5.41 Å². The van der Waals surface area contributed by atoms with Crippen LogP contribution in [0.15, 0.2) is 18.2 Å². The van der Waals surface area contributed by atoms with E-state index in [4.69, 9.17) is 4.74 Å². The molecule has 2 aromatic rings. The van der Waals surface area contributed by atoms with E-state index in [2.05, 4.69) is 61.2 Å². The van der Waals surface area contributed by atoms with E-state index in [9.17, 15) is 0 Å². The standard InChI is InChI=1S/C16H25N3O/c1-11(10-20-5)9-17-12-6-7-13-14(8-12)19-15(18-13)16(2,3)4/h6-8,11,17H,9-10H2,1-5H3,(H,18,19). The highest BCUT2D eigenvalue weighted by atomic mass is 16.5. The van der Waals surface area contributed by atoms with Gasteiger partial charge in [0.1, 0.15) is 5.82 Å². The third kappa shape index (κ3) is 3.51. The Hall–Kier alpha value is -1.55. The Bertz CT molecular complexity index is 569. The summed E-state index contributed by atoms with van der Waals surface area (Å²) in [6.07, 6.45) is 0. The maximum absolute atomic E-state index is 5.15. The molecule has 110 valence electrons. The van der Waals surface area contributed by atoms with Crippen LogP contribution in [-0.4, -0.2) is 30.2 Å². The molecule has 1 aromatic heterocycles. The molecule has 1 aromatic carbocycles. The lowest BCUT2D eigenvalue weighted by Crippen LogP contribution is -2.15. The molecule has 0 amide bonds. The molecule has 0 saturated carbocycles. The van der Waals surface area contributed by atoms with Crippen molar-refractivity contribution in [3.63, 3.8) is 0 Å². The summed E-state index contributed by atoms with van der Waals surface area (Å²) in [7, 11) is 1.74. The predicted molar refractivity (Wildman–Crippen MR) is 84.3 cm³/mol. The molecule has 2 N–H and O–H groups in total. The van der Waals surface area contributed by atoms with Crippen molar-refractivity contribution in [2.24, 2.45) is 5.92 Å². The zero-order chi connectivity index (χ0) is 14.8. The fourth-order valence-electron chi connectivity index (χ4n) is 2.11. The minimum atomic E-state index is 0.0413. The fourth-order valence-corrected chi connectivity index (χ4v) is 2.11. The molecular weight excluding hydrogens is 250 g/mol. The van der Waals surface area contributed by atoms with Crippen molar-refractivity contribution in [3.8, 4) is 0 Å². The lowest BCUT2D eigenvalue weighted by atomic mass is 9.96. The number of fused-ring (bicyclic) bond motifs is 1. The summed E-state index contributed by atoms with van der Waals surface area (Å²) < 4.78 is 5.15. The number of aromatic amines is 1. The Morgan fingerprint density at radius 1 is 1.35 bits per heavy atom. The second kappa shape index (κ2) is 5.83. The number of hydrogen-bond acceptors (Lipinski definition) is 3. The number of methoxy groups -OCH3 is 1. The molecular formula is C16H25N3O. The largest absolute Gasteiger partial charge is 0.385 e. The first-order chi connectivity index (χ1) is 9.40. The summed E-state index contributed by atoms with van der Waals surface area (Å²) in [6.45, 7) is 10.3. The van der Waals surface area contributed by atoms with Crippen LogP contribution in [0.2, 0.25) is 0 Å². The van der Waals surface area contributed by atoms with Crippen LogP contribution < -0.4 is 5.32 Å². The Labute approximate surface area is 120 Å². The van der Waals surface area contributed by atoms with Crippen LogP contribution in [0.25, 0.3) is 11.0 Å². The highest BCUT2D eigenvalue weighted by molar-refractivity contribution is 5.79. The van der Waals surface area contributed by atoms with E-state index in [1.165, 1.54) is 0 Å². The number of nitrogens with one attached hydrogen (secondary N) is 2. The molecule has 0 bridgehead atoms. The molecule has 0 aliphatic carbocycles. The van der Waals surface area contributed by atoms with Crippen molar-refractivity contribution in [2.45, 2.75) is 33.1 Å². The highest BCUT2D eigenvalue weighted by Crippen LogP contribution is 2.24. The normalized spacial score (nSPS) is 13.7. The number of ether oxygens (including phenoxy) is 1. The topological polar surface area (TPSA) is 49.9 Å². The van der Waals surface area contributed by atoms with Gasteiger partial charge in [-0.25, -0.2) is 4.98 Å². The van der Waals surface area contributed by atoms with E-state index in [1.54, 1.807) is 7.11 Å². The van der Waals surface area contributed by atoms with Crippen LogP contribution in [0, 0.1) is 5.92 Å². The summed E-state index contributed by atoms with van der Waals surface area (Å²) >= 11 is 0. The molecule has 0 fully saturated rings. The third-order valence-electron chi connectivity index (χ3n) is 3.30. The molecule has 0 saturated heterocycles. The number of anilines is 1. The van der Waals surface area contributed by atoms with Crippen molar-refractivity contribution in [3.05, 3.63) is 24.0 Å². The zero-order valence-corrected chi connectivity index (χ0v) is 13.1. The zero-order valence-electron chi connectivity index (χ0n) is 13.1. The molecule has 0 aliphatic rings. The molecule has 0 spiro atoms. The minimum absolute atomic E-state index is 0.0413. The average molecular weight is 275 g/mol.